The molecule has 3 aromatic rings. The van der Waals surface area contributed by atoms with Crippen molar-refractivity contribution in [2.75, 3.05) is 6.61 Å². The van der Waals surface area contributed by atoms with Gasteiger partial charge in [0.2, 0.25) is 23.2 Å². The molecule has 0 bridgehead atoms. The second-order valence-corrected chi connectivity index (χ2v) is 7.58. The van der Waals surface area contributed by atoms with Crippen LogP contribution in [-0.2, 0) is 4.74 Å². The molecule has 2 aromatic carbocycles. The Morgan fingerprint density at radius 3 is 2.21 bits per heavy atom. The van der Waals surface area contributed by atoms with Gasteiger partial charge in [0, 0.05) is 11.6 Å². The molecule has 0 aliphatic carbocycles. The van der Waals surface area contributed by atoms with Crippen LogP contribution in [0, 0.1) is 0 Å². The monoisotopic (exact) mass is 480 g/mol. The number of hydrogen-bond acceptors (Lipinski definition) is 13. The molecular formula is C21H20O13. The Hall–Kier alpha value is -3.75. The number of phenolic OH excluding ortho intramolecular Hbond substituents is 4. The molecule has 4 rings (SSSR count). The van der Waals surface area contributed by atoms with Crippen molar-refractivity contribution in [2.24, 2.45) is 0 Å². The van der Waals surface area contributed by atoms with Crippen LogP contribution in [0.3, 0.4) is 0 Å². The van der Waals surface area contributed by atoms with Gasteiger partial charge in [-0.25, -0.2) is 0 Å². The zero-order valence-corrected chi connectivity index (χ0v) is 17.1. The summed E-state index contributed by atoms with van der Waals surface area (Å²) < 4.78 is 16.2. The summed E-state index contributed by atoms with van der Waals surface area (Å²) in [5.41, 5.74) is -1.84. The molecule has 0 spiro atoms. The normalized spacial score (nSPS) is 24.9. The summed E-state index contributed by atoms with van der Waals surface area (Å²) in [5, 5.41) is 89.0. The van der Waals surface area contributed by atoms with E-state index in [2.05, 4.69) is 0 Å². The van der Waals surface area contributed by atoms with E-state index in [1.54, 1.807) is 0 Å². The van der Waals surface area contributed by atoms with E-state index in [-0.39, 0.29) is 5.56 Å². The smallest absolute Gasteiger partial charge is 0.238 e. The van der Waals surface area contributed by atoms with E-state index in [4.69, 9.17) is 13.9 Å². The van der Waals surface area contributed by atoms with Gasteiger partial charge in [-0.1, -0.05) is 0 Å². The van der Waals surface area contributed by atoms with E-state index in [0.29, 0.717) is 6.07 Å². The molecule has 9 N–H and O–H groups in total. The average molecular weight is 480 g/mol. The van der Waals surface area contributed by atoms with E-state index in [1.165, 1.54) is 6.07 Å². The van der Waals surface area contributed by atoms with E-state index in [9.17, 15) is 50.8 Å². The Morgan fingerprint density at radius 2 is 1.56 bits per heavy atom. The molecule has 0 saturated carbocycles. The number of ether oxygens (including phenoxy) is 2. The summed E-state index contributed by atoms with van der Waals surface area (Å²) in [5.74, 6) is -4.84. The molecule has 0 amide bonds. The minimum absolute atomic E-state index is 0.0755. The molecule has 13 nitrogen and oxygen atoms in total. The van der Waals surface area contributed by atoms with Gasteiger partial charge in [-0.05, 0) is 18.2 Å². The molecule has 182 valence electrons. The van der Waals surface area contributed by atoms with Crippen molar-refractivity contribution in [3.05, 3.63) is 34.5 Å². The fourth-order valence-corrected chi connectivity index (χ4v) is 3.56. The van der Waals surface area contributed by atoms with Crippen molar-refractivity contribution in [1.82, 2.24) is 0 Å². The minimum Gasteiger partial charge on any atom is -0.507 e. The third kappa shape index (κ3) is 3.70. The van der Waals surface area contributed by atoms with E-state index < -0.39 is 94.0 Å². The summed E-state index contributed by atoms with van der Waals surface area (Å²) in [7, 11) is 0. The molecule has 2 heterocycles. The molecule has 34 heavy (non-hydrogen) atoms. The lowest BCUT2D eigenvalue weighted by molar-refractivity contribution is -0.277. The first kappa shape index (κ1) is 23.4. The summed E-state index contributed by atoms with van der Waals surface area (Å²) >= 11 is 0. The third-order valence-electron chi connectivity index (χ3n) is 5.38. The van der Waals surface area contributed by atoms with Crippen LogP contribution in [0.4, 0.5) is 0 Å². The SMILES string of the molecule is O=c1c(O)c(-c2ccc(O)c(O)c2)oc2c(O[C@@H]3OC(CO)[C@@H](O)C(O)C3O)c(O)cc(O)c12. The Kier molecular flexibility index (Phi) is 5.89. The average Bonchev–Trinajstić information content (AvgIpc) is 2.80. The first-order valence-electron chi connectivity index (χ1n) is 9.79. The number of aliphatic hydroxyl groups excluding tert-OH is 4. The van der Waals surface area contributed by atoms with E-state index in [0.717, 1.165) is 12.1 Å². The lowest BCUT2D eigenvalue weighted by atomic mass is 9.99. The van der Waals surface area contributed by atoms with Crippen LogP contribution in [0.2, 0.25) is 0 Å². The molecule has 0 radical (unpaired) electrons. The Morgan fingerprint density at radius 1 is 0.853 bits per heavy atom. The number of fused-ring (bicyclic) bond motifs is 1. The van der Waals surface area contributed by atoms with Gasteiger partial charge in [0.25, 0.3) is 0 Å². The van der Waals surface area contributed by atoms with Crippen molar-refractivity contribution < 1.29 is 59.8 Å². The van der Waals surface area contributed by atoms with Crippen molar-refractivity contribution in [3.63, 3.8) is 0 Å². The van der Waals surface area contributed by atoms with Gasteiger partial charge in [-0.3, -0.25) is 4.79 Å². The number of hydrogen-bond donors (Lipinski definition) is 9. The van der Waals surface area contributed by atoms with Crippen molar-refractivity contribution in [1.29, 1.82) is 0 Å². The molecule has 1 aromatic heterocycles. The van der Waals surface area contributed by atoms with E-state index in [1.807, 2.05) is 0 Å². The van der Waals surface area contributed by atoms with Crippen LogP contribution in [0.5, 0.6) is 34.5 Å². The number of rotatable bonds is 4. The minimum atomic E-state index is -1.88. The predicted octanol–water partition coefficient (Wildman–Crippen LogP) is -0.833. The number of benzene rings is 2. The van der Waals surface area contributed by atoms with Crippen LogP contribution in [0.1, 0.15) is 0 Å². The molecule has 1 aliphatic rings. The summed E-state index contributed by atoms with van der Waals surface area (Å²) in [6.07, 6.45) is -8.50. The molecule has 1 saturated heterocycles. The van der Waals surface area contributed by atoms with Gasteiger partial charge in [0.05, 0.1) is 6.61 Å². The highest BCUT2D eigenvalue weighted by Crippen LogP contribution is 2.44. The largest absolute Gasteiger partial charge is 0.507 e. The summed E-state index contributed by atoms with van der Waals surface area (Å²) in [6.45, 7) is -0.759. The van der Waals surface area contributed by atoms with Crippen LogP contribution < -0.4 is 10.2 Å². The maximum atomic E-state index is 12.8. The van der Waals surface area contributed by atoms with Crippen molar-refractivity contribution in [3.8, 4) is 45.8 Å². The Balaban J connectivity index is 1.89. The maximum absolute atomic E-state index is 12.8. The van der Waals surface area contributed by atoms with Gasteiger partial charge in [0.15, 0.2) is 28.6 Å². The molecule has 1 fully saturated rings. The second-order valence-electron chi connectivity index (χ2n) is 7.58. The fraction of sp³-hybridized carbons (Fsp3) is 0.286. The van der Waals surface area contributed by atoms with Crippen LogP contribution in [0.15, 0.2) is 33.5 Å². The van der Waals surface area contributed by atoms with Gasteiger partial charge in [0.1, 0.15) is 35.6 Å². The number of aliphatic hydroxyl groups is 4. The first-order chi connectivity index (χ1) is 16.0. The topological polar surface area (TPSA) is 231 Å². The zero-order chi connectivity index (χ0) is 24.9. The highest BCUT2D eigenvalue weighted by molar-refractivity contribution is 5.93. The van der Waals surface area contributed by atoms with Gasteiger partial charge >= 0.3 is 0 Å². The number of aromatic hydroxyl groups is 5. The van der Waals surface area contributed by atoms with E-state index >= 15 is 0 Å². The molecule has 5 atom stereocenters. The fourth-order valence-electron chi connectivity index (χ4n) is 3.56. The lowest BCUT2D eigenvalue weighted by Gasteiger charge is -2.39. The zero-order valence-electron chi connectivity index (χ0n) is 17.1. The van der Waals surface area contributed by atoms with Crippen molar-refractivity contribution in [2.45, 2.75) is 30.7 Å². The van der Waals surface area contributed by atoms with Crippen LogP contribution in [0.25, 0.3) is 22.3 Å². The third-order valence-corrected chi connectivity index (χ3v) is 5.38. The molecule has 1 aliphatic heterocycles. The highest BCUT2D eigenvalue weighted by Gasteiger charge is 2.45. The quantitative estimate of drug-likeness (QED) is 0.208. The lowest BCUT2D eigenvalue weighted by Crippen LogP contribution is -2.60. The van der Waals surface area contributed by atoms with Crippen LogP contribution in [-0.4, -0.2) is 83.3 Å². The predicted molar refractivity (Wildman–Crippen MR) is 111 cm³/mol. The standard InChI is InChI=1S/C21H20O13/c22-5-11-13(27)15(29)17(31)21(32-11)34-19-10(26)4-9(25)12-14(28)16(30)18(33-20(12)19)6-1-2-7(23)8(24)3-6/h1-4,11,13,15,17,21-27,29-31H,5H2/t11?,13-,15?,17?,21+/m1/s1. The van der Waals surface area contributed by atoms with Gasteiger partial charge in [-0.15, -0.1) is 0 Å². The summed E-state index contributed by atoms with van der Waals surface area (Å²) in [6, 6.07) is 3.92. The molecule has 3 unspecified atom stereocenters. The second kappa shape index (κ2) is 8.55. The van der Waals surface area contributed by atoms with Crippen LogP contribution >= 0.6 is 0 Å². The Bertz CT molecular complexity index is 1300. The molecule has 13 heteroatoms. The Labute approximate surface area is 189 Å². The molecular weight excluding hydrogens is 460 g/mol. The highest BCUT2D eigenvalue weighted by atomic mass is 16.7. The summed E-state index contributed by atoms with van der Waals surface area (Å²) in [4.78, 5) is 12.8. The number of phenols is 4. The van der Waals surface area contributed by atoms with Gasteiger partial charge in [-0.2, -0.15) is 0 Å². The maximum Gasteiger partial charge on any atom is 0.238 e. The van der Waals surface area contributed by atoms with Gasteiger partial charge < -0.3 is 59.8 Å². The van der Waals surface area contributed by atoms with Crippen molar-refractivity contribution >= 4 is 11.0 Å². The first-order valence-corrected chi connectivity index (χ1v) is 9.79.